The van der Waals surface area contributed by atoms with Crippen LogP contribution < -0.4 is 0 Å². The lowest BCUT2D eigenvalue weighted by Gasteiger charge is -1.91. The van der Waals surface area contributed by atoms with Crippen molar-refractivity contribution in [2.75, 3.05) is 0 Å². The van der Waals surface area contributed by atoms with Gasteiger partial charge >= 0.3 is 0 Å². The second kappa shape index (κ2) is 3.37. The van der Waals surface area contributed by atoms with E-state index in [-0.39, 0.29) is 12.4 Å². The summed E-state index contributed by atoms with van der Waals surface area (Å²) in [7, 11) is -0.993. The van der Waals surface area contributed by atoms with Crippen LogP contribution in [-0.4, -0.2) is 9.25 Å². The summed E-state index contributed by atoms with van der Waals surface area (Å²) in [6, 6.07) is 7.51. The van der Waals surface area contributed by atoms with Crippen LogP contribution >= 0.6 is 12.4 Å². The Morgan fingerprint density at radius 1 is 1.33 bits per heavy atom. The lowest BCUT2D eigenvalue weighted by Crippen LogP contribution is -1.95. The third kappa shape index (κ3) is 1.30. The third-order valence-electron chi connectivity index (χ3n) is 1.61. The van der Waals surface area contributed by atoms with Gasteiger partial charge in [-0.3, -0.25) is 0 Å². The predicted octanol–water partition coefficient (Wildman–Crippen LogP) is 2.28. The largest absolute Gasteiger partial charge is 0.248 e. The second-order valence-corrected chi connectivity index (χ2v) is 3.94. The maximum absolute atomic E-state index is 11.4. The first-order chi connectivity index (χ1) is 5.29. The van der Waals surface area contributed by atoms with Crippen molar-refractivity contribution in [2.24, 2.45) is 4.99 Å². The molecular weight excluding hydrogens is 194 g/mol. The SMILES string of the molecule is CC1=Nc2ccccc2S1=O.Cl. The van der Waals surface area contributed by atoms with Gasteiger partial charge in [-0.2, -0.15) is 0 Å². The van der Waals surface area contributed by atoms with E-state index in [0.717, 1.165) is 10.6 Å². The molecule has 0 amide bonds. The first-order valence-electron chi connectivity index (χ1n) is 3.35. The quantitative estimate of drug-likeness (QED) is 0.633. The summed E-state index contributed by atoms with van der Waals surface area (Å²) < 4.78 is 11.4. The Balaban J connectivity index is 0.000000720. The lowest BCUT2D eigenvalue weighted by atomic mass is 10.3. The van der Waals surface area contributed by atoms with Crippen LogP contribution in [0.15, 0.2) is 34.2 Å². The molecule has 0 radical (unpaired) electrons. The highest BCUT2D eigenvalue weighted by Gasteiger charge is 2.17. The van der Waals surface area contributed by atoms with E-state index in [9.17, 15) is 4.21 Å². The van der Waals surface area contributed by atoms with Crippen molar-refractivity contribution in [3.8, 4) is 0 Å². The van der Waals surface area contributed by atoms with Crippen molar-refractivity contribution in [2.45, 2.75) is 11.8 Å². The van der Waals surface area contributed by atoms with E-state index in [0.29, 0.717) is 5.04 Å². The zero-order valence-corrected chi connectivity index (χ0v) is 8.11. The van der Waals surface area contributed by atoms with E-state index in [1.807, 2.05) is 24.3 Å². The van der Waals surface area contributed by atoms with E-state index in [2.05, 4.69) is 4.99 Å². The van der Waals surface area contributed by atoms with Gasteiger partial charge in [-0.15, -0.1) is 12.4 Å². The molecule has 2 rings (SSSR count). The average molecular weight is 202 g/mol. The van der Waals surface area contributed by atoms with Gasteiger partial charge in [-0.25, -0.2) is 9.20 Å². The molecule has 1 atom stereocenters. The highest BCUT2D eigenvalue weighted by Crippen LogP contribution is 2.29. The first-order valence-corrected chi connectivity index (χ1v) is 4.50. The predicted molar refractivity (Wildman–Crippen MR) is 52.9 cm³/mol. The molecule has 1 aromatic carbocycles. The van der Waals surface area contributed by atoms with Gasteiger partial charge in [0.05, 0.1) is 10.6 Å². The van der Waals surface area contributed by atoms with Gasteiger partial charge in [0.2, 0.25) is 0 Å². The molecule has 1 heterocycles. The lowest BCUT2D eigenvalue weighted by molar-refractivity contribution is 0.690. The van der Waals surface area contributed by atoms with Gasteiger partial charge in [-0.1, -0.05) is 12.1 Å². The van der Waals surface area contributed by atoms with Crippen molar-refractivity contribution in [3.63, 3.8) is 0 Å². The van der Waals surface area contributed by atoms with Gasteiger partial charge < -0.3 is 0 Å². The minimum absolute atomic E-state index is 0. The van der Waals surface area contributed by atoms with Gasteiger partial charge in [0.1, 0.15) is 15.8 Å². The molecule has 0 fully saturated rings. The summed E-state index contributed by atoms with van der Waals surface area (Å²) in [6.07, 6.45) is 0. The Bertz CT molecular complexity index is 362. The molecule has 0 N–H and O–H groups in total. The van der Waals surface area contributed by atoms with E-state index >= 15 is 0 Å². The molecule has 0 spiro atoms. The van der Waals surface area contributed by atoms with E-state index < -0.39 is 10.8 Å². The maximum atomic E-state index is 11.4. The molecule has 0 saturated carbocycles. The third-order valence-corrected chi connectivity index (χ3v) is 2.98. The smallest absolute Gasteiger partial charge is 0.107 e. The van der Waals surface area contributed by atoms with Gasteiger partial charge in [0.15, 0.2) is 0 Å². The van der Waals surface area contributed by atoms with E-state index in [4.69, 9.17) is 0 Å². The van der Waals surface area contributed by atoms with Crippen LogP contribution in [0.3, 0.4) is 0 Å². The molecule has 0 aromatic heterocycles. The van der Waals surface area contributed by atoms with Gasteiger partial charge in [0, 0.05) is 0 Å². The van der Waals surface area contributed by atoms with Crippen molar-refractivity contribution in [3.05, 3.63) is 24.3 Å². The number of benzene rings is 1. The van der Waals surface area contributed by atoms with Crippen LogP contribution in [0.4, 0.5) is 5.69 Å². The molecule has 1 aromatic rings. The molecule has 4 heteroatoms. The number of halogens is 1. The van der Waals surface area contributed by atoms with Gasteiger partial charge in [-0.05, 0) is 19.1 Å². The average Bonchev–Trinajstić information content (AvgIpc) is 2.30. The summed E-state index contributed by atoms with van der Waals surface area (Å²) >= 11 is 0. The number of hydrogen-bond acceptors (Lipinski definition) is 2. The number of nitrogens with zero attached hydrogens (tertiary/aromatic N) is 1. The second-order valence-electron chi connectivity index (χ2n) is 2.37. The summed E-state index contributed by atoms with van der Waals surface area (Å²) in [5, 5.41) is 0.700. The number of hydrogen-bond donors (Lipinski definition) is 0. The Morgan fingerprint density at radius 2 is 2.00 bits per heavy atom. The minimum Gasteiger partial charge on any atom is -0.248 e. The van der Waals surface area contributed by atoms with Gasteiger partial charge in [0.25, 0.3) is 0 Å². The Kier molecular flexibility index (Phi) is 2.65. The zero-order chi connectivity index (χ0) is 7.84. The fourth-order valence-corrected chi connectivity index (χ4v) is 2.08. The summed E-state index contributed by atoms with van der Waals surface area (Å²) in [4.78, 5) is 4.99. The van der Waals surface area contributed by atoms with Crippen LogP contribution in [0, 0.1) is 0 Å². The fraction of sp³-hybridized carbons (Fsp3) is 0.125. The summed E-state index contributed by atoms with van der Waals surface area (Å²) in [6.45, 7) is 1.79. The topological polar surface area (TPSA) is 29.4 Å². The number of fused-ring (bicyclic) bond motifs is 1. The number of rotatable bonds is 0. The van der Waals surface area contributed by atoms with Crippen LogP contribution in [0.5, 0.6) is 0 Å². The van der Waals surface area contributed by atoms with Crippen molar-refractivity contribution in [1.82, 2.24) is 0 Å². The summed E-state index contributed by atoms with van der Waals surface area (Å²) in [5.41, 5.74) is 0.850. The molecule has 1 aliphatic heterocycles. The molecule has 1 unspecified atom stereocenters. The molecule has 1 aliphatic rings. The van der Waals surface area contributed by atoms with Crippen LogP contribution in [-0.2, 0) is 10.8 Å². The standard InChI is InChI=1S/C8H7NOS.ClH/c1-6-9-7-4-2-3-5-8(7)11(6)10;/h2-5H,1H3;1H. The van der Waals surface area contributed by atoms with E-state index in [1.165, 1.54) is 0 Å². The molecule has 0 aliphatic carbocycles. The first kappa shape index (κ1) is 9.42. The Labute approximate surface area is 79.6 Å². The fourth-order valence-electron chi connectivity index (χ4n) is 1.08. The molecule has 2 nitrogen and oxygen atoms in total. The van der Waals surface area contributed by atoms with Crippen LogP contribution in [0.25, 0.3) is 0 Å². The van der Waals surface area contributed by atoms with Crippen molar-refractivity contribution < 1.29 is 4.21 Å². The normalized spacial score (nSPS) is 19.4. The summed E-state index contributed by atoms with van der Waals surface area (Å²) in [5.74, 6) is 0. The Hall–Kier alpha value is -0.670. The maximum Gasteiger partial charge on any atom is 0.107 e. The molecule has 0 saturated heterocycles. The van der Waals surface area contributed by atoms with Crippen molar-refractivity contribution in [1.29, 1.82) is 0 Å². The zero-order valence-electron chi connectivity index (χ0n) is 6.48. The van der Waals surface area contributed by atoms with Crippen LogP contribution in [0.1, 0.15) is 6.92 Å². The van der Waals surface area contributed by atoms with Crippen molar-refractivity contribution >= 4 is 33.9 Å². The Morgan fingerprint density at radius 3 is 2.67 bits per heavy atom. The van der Waals surface area contributed by atoms with E-state index in [1.54, 1.807) is 6.92 Å². The molecule has 0 bridgehead atoms. The number of aliphatic imine (C=N–C) groups is 1. The molecule has 64 valence electrons. The highest BCUT2D eigenvalue weighted by atomic mass is 35.5. The monoisotopic (exact) mass is 201 g/mol. The molecule has 12 heavy (non-hydrogen) atoms. The van der Waals surface area contributed by atoms with Crippen LogP contribution in [0.2, 0.25) is 0 Å². The molecular formula is C8H8ClNOS. The minimum atomic E-state index is -0.993. The number of para-hydroxylation sites is 1. The highest BCUT2D eigenvalue weighted by molar-refractivity contribution is 8.01.